The molecule has 0 bridgehead atoms. The summed E-state index contributed by atoms with van der Waals surface area (Å²) in [6, 6.07) is 7.83. The lowest BCUT2D eigenvalue weighted by atomic mass is 9.92. The zero-order valence-corrected chi connectivity index (χ0v) is 11.7. The van der Waals surface area contributed by atoms with E-state index in [4.69, 9.17) is 0 Å². The van der Waals surface area contributed by atoms with E-state index in [0.717, 1.165) is 13.1 Å². The van der Waals surface area contributed by atoms with Crippen molar-refractivity contribution >= 4 is 15.7 Å². The normalized spacial score (nSPS) is 20.7. The Balaban J connectivity index is 2.14. The maximum Gasteiger partial charge on any atom is 0.231 e. The van der Waals surface area contributed by atoms with E-state index in [9.17, 15) is 8.42 Å². The molecule has 0 radical (unpaired) electrons. The fraction of sp³-hybridized carbons (Fsp3) is 0.538. The zero-order chi connectivity index (χ0) is 13.2. The van der Waals surface area contributed by atoms with Gasteiger partial charge in [-0.2, -0.15) is 0 Å². The molecule has 1 saturated heterocycles. The van der Waals surface area contributed by atoms with Crippen LogP contribution in [0.4, 0.5) is 5.69 Å². The molecule has 100 valence electrons. The summed E-state index contributed by atoms with van der Waals surface area (Å²) in [6.45, 7) is 2.12. The molecule has 0 aromatic heterocycles. The predicted octanol–water partition coefficient (Wildman–Crippen LogP) is 1.55. The summed E-state index contributed by atoms with van der Waals surface area (Å²) in [7, 11) is -1.60. The smallest absolute Gasteiger partial charge is 0.231 e. The van der Waals surface area contributed by atoms with Gasteiger partial charge in [0.25, 0.3) is 0 Å². The molecule has 0 aliphatic carbocycles. The molecule has 0 spiro atoms. The number of rotatable bonds is 3. The van der Waals surface area contributed by atoms with Gasteiger partial charge in [-0.25, -0.2) is 8.42 Å². The second-order valence-electron chi connectivity index (χ2n) is 4.87. The van der Waals surface area contributed by atoms with E-state index in [0.29, 0.717) is 11.6 Å². The number of nitrogens with one attached hydrogen (secondary N) is 1. The Morgan fingerprint density at radius 2 is 1.94 bits per heavy atom. The van der Waals surface area contributed by atoms with Crippen LogP contribution in [-0.4, -0.2) is 34.8 Å². The number of hydrogen-bond donors (Lipinski definition) is 1. The number of nitrogens with zero attached hydrogens (tertiary/aromatic N) is 1. The second-order valence-corrected chi connectivity index (χ2v) is 6.88. The van der Waals surface area contributed by atoms with Gasteiger partial charge < -0.3 is 5.32 Å². The first-order valence-electron chi connectivity index (χ1n) is 6.23. The van der Waals surface area contributed by atoms with Crippen molar-refractivity contribution in [2.24, 2.45) is 0 Å². The number of anilines is 1. The van der Waals surface area contributed by atoms with Gasteiger partial charge in [0.1, 0.15) is 0 Å². The van der Waals surface area contributed by atoms with Gasteiger partial charge in [-0.1, -0.05) is 12.1 Å². The Hall–Kier alpha value is -1.07. The SMILES string of the molecule is CN(c1ccc(C2CCCNC2)cc1)S(C)(=O)=O. The Morgan fingerprint density at radius 3 is 2.44 bits per heavy atom. The predicted molar refractivity (Wildman–Crippen MR) is 74.5 cm³/mol. The van der Waals surface area contributed by atoms with E-state index in [1.54, 1.807) is 7.05 Å². The zero-order valence-electron chi connectivity index (χ0n) is 10.9. The highest BCUT2D eigenvalue weighted by atomic mass is 32.2. The molecular weight excluding hydrogens is 248 g/mol. The van der Waals surface area contributed by atoms with E-state index in [-0.39, 0.29) is 0 Å². The third-order valence-corrected chi connectivity index (χ3v) is 4.73. The molecule has 1 aliphatic rings. The van der Waals surface area contributed by atoms with Crippen LogP contribution in [0.25, 0.3) is 0 Å². The third kappa shape index (κ3) is 3.03. The lowest BCUT2D eigenvalue weighted by Crippen LogP contribution is -2.28. The molecule has 5 heteroatoms. The van der Waals surface area contributed by atoms with Crippen LogP contribution in [0.15, 0.2) is 24.3 Å². The Morgan fingerprint density at radius 1 is 1.28 bits per heavy atom. The third-order valence-electron chi connectivity index (χ3n) is 3.52. The van der Waals surface area contributed by atoms with Crippen molar-refractivity contribution in [1.82, 2.24) is 5.32 Å². The van der Waals surface area contributed by atoms with E-state index < -0.39 is 10.0 Å². The van der Waals surface area contributed by atoms with Crippen molar-refractivity contribution in [2.75, 3.05) is 30.7 Å². The molecule has 1 heterocycles. The standard InChI is InChI=1S/C13H20N2O2S/c1-15(18(2,16)17)13-7-5-11(6-8-13)12-4-3-9-14-10-12/h5-8,12,14H,3-4,9-10H2,1-2H3. The van der Waals surface area contributed by atoms with Crippen LogP contribution >= 0.6 is 0 Å². The van der Waals surface area contributed by atoms with Gasteiger partial charge in [0, 0.05) is 13.6 Å². The first-order chi connectivity index (χ1) is 8.48. The van der Waals surface area contributed by atoms with Crippen LogP contribution in [0.3, 0.4) is 0 Å². The summed E-state index contributed by atoms with van der Waals surface area (Å²) in [5.74, 6) is 0.552. The van der Waals surface area contributed by atoms with Gasteiger partial charge in [0.15, 0.2) is 0 Å². The summed E-state index contributed by atoms with van der Waals surface area (Å²) in [6.07, 6.45) is 3.62. The molecule has 4 nitrogen and oxygen atoms in total. The average Bonchev–Trinajstić information content (AvgIpc) is 2.38. The maximum atomic E-state index is 11.4. The monoisotopic (exact) mass is 268 g/mol. The largest absolute Gasteiger partial charge is 0.316 e. The Kier molecular flexibility index (Phi) is 3.92. The van der Waals surface area contributed by atoms with Gasteiger partial charge in [-0.15, -0.1) is 0 Å². The molecule has 1 fully saturated rings. The molecule has 0 saturated carbocycles. The highest BCUT2D eigenvalue weighted by Crippen LogP contribution is 2.25. The van der Waals surface area contributed by atoms with Gasteiger partial charge in [0.2, 0.25) is 10.0 Å². The minimum absolute atomic E-state index is 0.552. The van der Waals surface area contributed by atoms with E-state index >= 15 is 0 Å². The van der Waals surface area contributed by atoms with Crippen LogP contribution in [0.2, 0.25) is 0 Å². The lowest BCUT2D eigenvalue weighted by Gasteiger charge is -2.24. The molecule has 0 amide bonds. The number of sulfonamides is 1. The first-order valence-corrected chi connectivity index (χ1v) is 8.08. The van der Waals surface area contributed by atoms with Crippen LogP contribution in [-0.2, 0) is 10.0 Å². The van der Waals surface area contributed by atoms with Gasteiger partial charge in [0.05, 0.1) is 11.9 Å². The van der Waals surface area contributed by atoms with E-state index in [1.165, 1.54) is 29.0 Å². The van der Waals surface area contributed by atoms with Crippen molar-refractivity contribution in [2.45, 2.75) is 18.8 Å². The second kappa shape index (κ2) is 5.28. The molecule has 2 rings (SSSR count). The molecule has 1 unspecified atom stereocenters. The van der Waals surface area contributed by atoms with Crippen molar-refractivity contribution in [3.63, 3.8) is 0 Å². The fourth-order valence-corrected chi connectivity index (χ4v) is 2.79. The number of benzene rings is 1. The summed E-state index contributed by atoms with van der Waals surface area (Å²) >= 11 is 0. The van der Waals surface area contributed by atoms with E-state index in [2.05, 4.69) is 5.32 Å². The summed E-state index contributed by atoms with van der Waals surface area (Å²) in [4.78, 5) is 0. The van der Waals surface area contributed by atoms with Crippen molar-refractivity contribution in [3.8, 4) is 0 Å². The van der Waals surface area contributed by atoms with Crippen molar-refractivity contribution in [3.05, 3.63) is 29.8 Å². The van der Waals surface area contributed by atoms with Gasteiger partial charge in [-0.05, 0) is 43.0 Å². The molecule has 1 aromatic carbocycles. The summed E-state index contributed by atoms with van der Waals surface area (Å²) in [5, 5.41) is 3.39. The summed E-state index contributed by atoms with van der Waals surface area (Å²) in [5.41, 5.74) is 2.00. The quantitative estimate of drug-likeness (QED) is 0.905. The highest BCUT2D eigenvalue weighted by molar-refractivity contribution is 7.92. The summed E-state index contributed by atoms with van der Waals surface area (Å²) < 4.78 is 24.2. The van der Waals surface area contributed by atoms with Crippen LogP contribution < -0.4 is 9.62 Å². The van der Waals surface area contributed by atoms with Crippen LogP contribution in [0, 0.1) is 0 Å². The minimum Gasteiger partial charge on any atom is -0.316 e. The highest BCUT2D eigenvalue weighted by Gasteiger charge is 2.16. The number of piperidine rings is 1. The van der Waals surface area contributed by atoms with Crippen LogP contribution in [0.1, 0.15) is 24.3 Å². The topological polar surface area (TPSA) is 49.4 Å². The number of hydrogen-bond acceptors (Lipinski definition) is 3. The maximum absolute atomic E-state index is 11.4. The van der Waals surface area contributed by atoms with Crippen molar-refractivity contribution in [1.29, 1.82) is 0 Å². The fourth-order valence-electron chi connectivity index (χ4n) is 2.28. The molecule has 1 aromatic rings. The minimum atomic E-state index is -3.17. The lowest BCUT2D eigenvalue weighted by molar-refractivity contribution is 0.461. The first kappa shape index (κ1) is 13.4. The molecule has 1 aliphatic heterocycles. The van der Waals surface area contributed by atoms with Crippen LogP contribution in [0.5, 0.6) is 0 Å². The molecular formula is C13H20N2O2S. The molecule has 1 atom stereocenters. The van der Waals surface area contributed by atoms with E-state index in [1.807, 2.05) is 24.3 Å². The average molecular weight is 268 g/mol. The Labute approximate surface area is 109 Å². The van der Waals surface area contributed by atoms with Crippen molar-refractivity contribution < 1.29 is 8.42 Å². The van der Waals surface area contributed by atoms with Gasteiger partial charge >= 0.3 is 0 Å². The van der Waals surface area contributed by atoms with Gasteiger partial charge in [-0.3, -0.25) is 4.31 Å². The molecule has 1 N–H and O–H groups in total. The molecule has 18 heavy (non-hydrogen) atoms. The Bertz CT molecular complexity index is 490.